The average Bonchev–Trinajstić information content (AvgIpc) is 2.68. The van der Waals surface area contributed by atoms with Crippen LogP contribution in [0.15, 0.2) is 47.8 Å². The number of carbonyl (C=O) groups excluding carboxylic acids is 2. The fourth-order valence-electron chi connectivity index (χ4n) is 3.08. The molecule has 0 bridgehead atoms. The van der Waals surface area contributed by atoms with Crippen LogP contribution >= 0.6 is 0 Å². The zero-order chi connectivity index (χ0) is 20.7. The Kier molecular flexibility index (Phi) is 7.67. The van der Waals surface area contributed by atoms with E-state index in [9.17, 15) is 9.59 Å². The first-order valence-electron chi connectivity index (χ1n) is 9.71. The molecule has 0 aromatic heterocycles. The van der Waals surface area contributed by atoms with Gasteiger partial charge in [-0.15, -0.1) is 0 Å². The Hall–Kier alpha value is -2.76. The van der Waals surface area contributed by atoms with Gasteiger partial charge < -0.3 is 19.1 Å². The molecule has 0 saturated heterocycles. The van der Waals surface area contributed by atoms with Crippen molar-refractivity contribution in [3.05, 3.63) is 53.4 Å². The highest BCUT2D eigenvalue weighted by molar-refractivity contribution is 5.99. The maximum absolute atomic E-state index is 12.8. The predicted molar refractivity (Wildman–Crippen MR) is 107 cm³/mol. The van der Waals surface area contributed by atoms with E-state index in [4.69, 9.17) is 14.2 Å². The minimum absolute atomic E-state index is 0.0527. The molecule has 0 unspecified atom stereocenters. The predicted octanol–water partition coefficient (Wildman–Crippen LogP) is 3.79. The molecule has 1 heterocycles. The van der Waals surface area contributed by atoms with Gasteiger partial charge >= 0.3 is 11.9 Å². The second-order valence-corrected chi connectivity index (χ2v) is 6.55. The monoisotopic (exact) mass is 387 g/mol. The molecule has 1 aromatic carbocycles. The molecular weight excluding hydrogens is 358 g/mol. The van der Waals surface area contributed by atoms with Crippen molar-refractivity contribution in [1.29, 1.82) is 0 Å². The standard InChI is InChI=1S/C22H29NO5/c1-6-26-19-12-10-9-11-16(19)20-17(21(24)27-7-2)13-23(15(4)5)14-18(20)22(25)28-8-3/h9-15,20H,6-8H2,1-5H3. The normalized spacial score (nSPS) is 14.4. The van der Waals surface area contributed by atoms with E-state index in [0.29, 0.717) is 23.5 Å². The molecule has 2 rings (SSSR count). The fraction of sp³-hybridized carbons (Fsp3) is 0.455. The maximum atomic E-state index is 12.8. The summed E-state index contributed by atoms with van der Waals surface area (Å²) in [5, 5.41) is 0. The van der Waals surface area contributed by atoms with Gasteiger partial charge in [-0.1, -0.05) is 18.2 Å². The molecule has 0 saturated carbocycles. The SMILES string of the molecule is CCOC(=O)C1=CN(C(C)C)C=C(C(=O)OCC)C1c1ccccc1OCC. The Bertz CT molecular complexity index is 730. The molecule has 1 aromatic rings. The van der Waals surface area contributed by atoms with Crippen molar-refractivity contribution in [2.75, 3.05) is 19.8 Å². The lowest BCUT2D eigenvalue weighted by atomic mass is 9.82. The molecule has 0 fully saturated rings. The molecule has 0 spiro atoms. The Morgan fingerprint density at radius 2 is 1.46 bits per heavy atom. The molecule has 6 heteroatoms. The molecule has 0 amide bonds. The van der Waals surface area contributed by atoms with Crippen LogP contribution in [0.2, 0.25) is 0 Å². The number of rotatable bonds is 8. The number of benzene rings is 1. The summed E-state index contributed by atoms with van der Waals surface area (Å²) >= 11 is 0. The maximum Gasteiger partial charge on any atom is 0.336 e. The van der Waals surface area contributed by atoms with Crippen molar-refractivity contribution in [2.45, 2.75) is 46.6 Å². The van der Waals surface area contributed by atoms with Crippen LogP contribution in [0.1, 0.15) is 46.1 Å². The molecule has 0 aliphatic carbocycles. The lowest BCUT2D eigenvalue weighted by molar-refractivity contribution is -0.139. The fourth-order valence-corrected chi connectivity index (χ4v) is 3.08. The summed E-state index contributed by atoms with van der Waals surface area (Å²) in [5.41, 5.74) is 1.49. The van der Waals surface area contributed by atoms with Gasteiger partial charge in [0, 0.05) is 24.0 Å². The molecule has 1 aliphatic heterocycles. The Morgan fingerprint density at radius 3 is 1.93 bits per heavy atom. The third-order valence-electron chi connectivity index (χ3n) is 4.35. The highest BCUT2D eigenvalue weighted by Gasteiger charge is 2.37. The third-order valence-corrected chi connectivity index (χ3v) is 4.35. The van der Waals surface area contributed by atoms with Crippen molar-refractivity contribution in [3.63, 3.8) is 0 Å². The van der Waals surface area contributed by atoms with E-state index < -0.39 is 17.9 Å². The average molecular weight is 387 g/mol. The molecule has 1 aliphatic rings. The molecule has 28 heavy (non-hydrogen) atoms. The summed E-state index contributed by atoms with van der Waals surface area (Å²) in [6.07, 6.45) is 3.50. The van der Waals surface area contributed by atoms with Crippen LogP contribution in [0.3, 0.4) is 0 Å². The van der Waals surface area contributed by atoms with Gasteiger partial charge in [0.2, 0.25) is 0 Å². The Balaban J connectivity index is 2.66. The summed E-state index contributed by atoms with van der Waals surface area (Å²) < 4.78 is 16.4. The molecule has 152 valence electrons. The highest BCUT2D eigenvalue weighted by atomic mass is 16.5. The second kappa shape index (κ2) is 9.97. The first-order valence-corrected chi connectivity index (χ1v) is 9.71. The van der Waals surface area contributed by atoms with Gasteiger partial charge in [0.15, 0.2) is 0 Å². The van der Waals surface area contributed by atoms with Crippen molar-refractivity contribution < 1.29 is 23.8 Å². The molecule has 0 atom stereocenters. The number of nitrogens with zero attached hydrogens (tertiary/aromatic N) is 1. The first kappa shape index (κ1) is 21.5. The second-order valence-electron chi connectivity index (χ2n) is 6.55. The molecule has 6 nitrogen and oxygen atoms in total. The minimum atomic E-state index is -0.629. The molecule has 0 N–H and O–H groups in total. The van der Waals surface area contributed by atoms with Crippen LogP contribution in [0, 0.1) is 0 Å². The van der Waals surface area contributed by atoms with Crippen LogP contribution in [-0.4, -0.2) is 42.7 Å². The van der Waals surface area contributed by atoms with Crippen molar-refractivity contribution in [1.82, 2.24) is 4.90 Å². The summed E-state index contributed by atoms with van der Waals surface area (Å²) in [6, 6.07) is 7.47. The topological polar surface area (TPSA) is 65.1 Å². The quantitative estimate of drug-likeness (QED) is 0.633. The van der Waals surface area contributed by atoms with Crippen LogP contribution in [0.25, 0.3) is 0 Å². The van der Waals surface area contributed by atoms with E-state index in [2.05, 4.69) is 0 Å². The summed E-state index contributed by atoms with van der Waals surface area (Å²) in [6.45, 7) is 10.3. The van der Waals surface area contributed by atoms with E-state index in [1.165, 1.54) is 0 Å². The Morgan fingerprint density at radius 1 is 0.929 bits per heavy atom. The number of para-hydroxylation sites is 1. The van der Waals surface area contributed by atoms with Crippen LogP contribution in [0.4, 0.5) is 0 Å². The van der Waals surface area contributed by atoms with Gasteiger partial charge in [0.05, 0.1) is 36.9 Å². The highest BCUT2D eigenvalue weighted by Crippen LogP contribution is 2.41. The van der Waals surface area contributed by atoms with Crippen molar-refractivity contribution in [3.8, 4) is 5.75 Å². The van der Waals surface area contributed by atoms with Crippen LogP contribution in [-0.2, 0) is 19.1 Å². The van der Waals surface area contributed by atoms with Crippen LogP contribution in [0.5, 0.6) is 5.75 Å². The molecular formula is C22H29NO5. The van der Waals surface area contributed by atoms with Gasteiger partial charge in [-0.05, 0) is 40.7 Å². The first-order chi connectivity index (χ1) is 13.4. The smallest absolute Gasteiger partial charge is 0.336 e. The number of hydrogen-bond acceptors (Lipinski definition) is 6. The van der Waals surface area contributed by atoms with E-state index in [0.717, 1.165) is 5.56 Å². The van der Waals surface area contributed by atoms with Crippen molar-refractivity contribution >= 4 is 11.9 Å². The lowest BCUT2D eigenvalue weighted by Gasteiger charge is -2.33. The molecule has 0 radical (unpaired) electrons. The lowest BCUT2D eigenvalue weighted by Crippen LogP contribution is -2.32. The summed E-state index contributed by atoms with van der Waals surface area (Å²) in [5.74, 6) is -0.923. The van der Waals surface area contributed by atoms with Gasteiger partial charge in [0.1, 0.15) is 5.75 Å². The third kappa shape index (κ3) is 4.74. The minimum Gasteiger partial charge on any atom is -0.494 e. The zero-order valence-electron chi connectivity index (χ0n) is 17.2. The Labute approximate surface area is 166 Å². The largest absolute Gasteiger partial charge is 0.494 e. The number of carbonyl (C=O) groups is 2. The van der Waals surface area contributed by atoms with Crippen molar-refractivity contribution in [2.24, 2.45) is 0 Å². The number of ether oxygens (including phenoxy) is 3. The van der Waals surface area contributed by atoms with E-state index in [1.54, 1.807) is 26.2 Å². The number of hydrogen-bond donors (Lipinski definition) is 0. The van der Waals surface area contributed by atoms with Gasteiger partial charge in [0.25, 0.3) is 0 Å². The summed E-state index contributed by atoms with van der Waals surface area (Å²) in [4.78, 5) is 27.4. The number of esters is 2. The van der Waals surface area contributed by atoms with E-state index in [1.807, 2.05) is 49.9 Å². The zero-order valence-corrected chi connectivity index (χ0v) is 17.2. The van der Waals surface area contributed by atoms with Gasteiger partial charge in [-0.3, -0.25) is 0 Å². The van der Waals surface area contributed by atoms with Gasteiger partial charge in [-0.2, -0.15) is 0 Å². The van der Waals surface area contributed by atoms with E-state index in [-0.39, 0.29) is 19.3 Å². The summed E-state index contributed by atoms with van der Waals surface area (Å²) in [7, 11) is 0. The van der Waals surface area contributed by atoms with E-state index >= 15 is 0 Å². The van der Waals surface area contributed by atoms with Gasteiger partial charge in [-0.25, -0.2) is 9.59 Å². The van der Waals surface area contributed by atoms with Crippen LogP contribution < -0.4 is 4.74 Å².